The molecule has 4 nitrogen and oxygen atoms in total. The maximum absolute atomic E-state index is 10.3. The number of Topliss-reactive ketones (excluding diaryl/α,β-unsaturated/α-hetero) is 2. The van der Waals surface area contributed by atoms with E-state index >= 15 is 0 Å². The summed E-state index contributed by atoms with van der Waals surface area (Å²) in [7, 11) is 3.04. The molecule has 0 aromatic carbocycles. The largest absolute Gasteiger partial charge is 0.494 e. The number of carbonyl (C=O) groups is 2. The quantitative estimate of drug-likeness (QED) is 0.396. The fourth-order valence-electron chi connectivity index (χ4n) is 0.557. The Morgan fingerprint density at radius 2 is 1.75 bits per heavy atom. The summed E-state index contributed by atoms with van der Waals surface area (Å²) in [4.78, 5) is 20.5. The van der Waals surface area contributed by atoms with Crippen LogP contribution in [0, 0.1) is 0 Å². The summed E-state index contributed by atoms with van der Waals surface area (Å²) in [6, 6.07) is 0. The van der Waals surface area contributed by atoms with E-state index in [0.29, 0.717) is 13.0 Å². The van der Waals surface area contributed by atoms with Crippen molar-refractivity contribution in [2.75, 3.05) is 20.8 Å². The van der Waals surface area contributed by atoms with Gasteiger partial charge in [0.15, 0.2) is 11.5 Å². The smallest absolute Gasteiger partial charge is 0.193 e. The number of ketones is 2. The van der Waals surface area contributed by atoms with E-state index in [1.165, 1.54) is 14.0 Å². The third-order valence-corrected chi connectivity index (χ3v) is 1.47. The van der Waals surface area contributed by atoms with Crippen LogP contribution in [0.5, 0.6) is 0 Å². The van der Waals surface area contributed by atoms with E-state index in [1.54, 1.807) is 14.0 Å². The molecule has 0 saturated carbocycles. The Bertz CT molecular complexity index is 254. The van der Waals surface area contributed by atoms with Gasteiger partial charge in [0.25, 0.3) is 0 Å². The third kappa shape index (κ3) is 15.1. The molecule has 0 atom stereocenters. The fourth-order valence-corrected chi connectivity index (χ4v) is 0.557. The average molecular weight is 228 g/mol. The minimum absolute atomic E-state index is 0.123. The Kier molecular flexibility index (Phi) is 12.4. The molecule has 0 aliphatic rings. The second-order valence-corrected chi connectivity index (χ2v) is 3.02. The van der Waals surface area contributed by atoms with Gasteiger partial charge in [-0.15, -0.1) is 0 Å². The first-order chi connectivity index (χ1) is 7.45. The molecule has 0 rings (SSSR count). The highest BCUT2D eigenvalue weighted by molar-refractivity contribution is 5.90. The Labute approximate surface area is 96.9 Å². The van der Waals surface area contributed by atoms with E-state index in [9.17, 15) is 9.59 Å². The lowest BCUT2D eigenvalue weighted by Crippen LogP contribution is -1.95. The van der Waals surface area contributed by atoms with Crippen LogP contribution >= 0.6 is 0 Å². The number of ether oxygens (including phenoxy) is 2. The standard InChI is InChI=1S/C7H12O2.C5H8O2/c1-7(8)5-3-4-6-9-2;1-4(6)5(2)7-3/h3-4H,5-6H2,1-2H3;2H2,1,3H3. The third-order valence-electron chi connectivity index (χ3n) is 1.47. The topological polar surface area (TPSA) is 52.6 Å². The molecule has 0 saturated heterocycles. The summed E-state index contributed by atoms with van der Waals surface area (Å²) in [6.45, 7) is 6.87. The molecule has 0 aromatic heterocycles. The van der Waals surface area contributed by atoms with E-state index in [4.69, 9.17) is 4.74 Å². The normalized spacial score (nSPS) is 9.25. The number of rotatable bonds is 6. The van der Waals surface area contributed by atoms with Crippen molar-refractivity contribution < 1.29 is 19.1 Å². The van der Waals surface area contributed by atoms with Crippen LogP contribution in [0.3, 0.4) is 0 Å². The first-order valence-corrected chi connectivity index (χ1v) is 4.82. The highest BCUT2D eigenvalue weighted by atomic mass is 16.5. The van der Waals surface area contributed by atoms with Crippen LogP contribution in [0.25, 0.3) is 0 Å². The summed E-state index contributed by atoms with van der Waals surface area (Å²) in [6.07, 6.45) is 4.16. The van der Waals surface area contributed by atoms with Crippen molar-refractivity contribution in [2.45, 2.75) is 20.3 Å². The molecule has 0 aliphatic carbocycles. The summed E-state index contributed by atoms with van der Waals surface area (Å²) >= 11 is 0. The molecular weight excluding hydrogens is 208 g/mol. The van der Waals surface area contributed by atoms with Gasteiger partial charge in [-0.25, -0.2) is 0 Å². The van der Waals surface area contributed by atoms with Crippen molar-refractivity contribution >= 4 is 11.6 Å². The lowest BCUT2D eigenvalue weighted by Gasteiger charge is -1.93. The van der Waals surface area contributed by atoms with Crippen LogP contribution in [-0.4, -0.2) is 32.4 Å². The summed E-state index contributed by atoms with van der Waals surface area (Å²) < 4.78 is 9.19. The molecular formula is C12H20O4. The lowest BCUT2D eigenvalue weighted by molar-refractivity contribution is -0.117. The highest BCUT2D eigenvalue weighted by Gasteiger charge is 1.94. The molecule has 0 heterocycles. The van der Waals surface area contributed by atoms with Gasteiger partial charge in [0.05, 0.1) is 13.7 Å². The first kappa shape index (κ1) is 17.0. The van der Waals surface area contributed by atoms with E-state index in [-0.39, 0.29) is 17.3 Å². The van der Waals surface area contributed by atoms with Gasteiger partial charge in [0, 0.05) is 20.5 Å². The van der Waals surface area contributed by atoms with E-state index in [2.05, 4.69) is 11.3 Å². The van der Waals surface area contributed by atoms with Crippen molar-refractivity contribution in [1.82, 2.24) is 0 Å². The van der Waals surface area contributed by atoms with E-state index in [0.717, 1.165) is 0 Å². The van der Waals surface area contributed by atoms with Crippen molar-refractivity contribution in [1.29, 1.82) is 0 Å². The predicted octanol–water partition coefficient (Wildman–Crippen LogP) is 1.90. The fraction of sp³-hybridized carbons (Fsp3) is 0.500. The first-order valence-electron chi connectivity index (χ1n) is 4.82. The van der Waals surface area contributed by atoms with Crippen molar-refractivity contribution in [2.24, 2.45) is 0 Å². The summed E-state index contributed by atoms with van der Waals surface area (Å²) in [5.41, 5.74) is 0. The Hall–Kier alpha value is -1.42. The molecule has 0 unspecified atom stereocenters. The second-order valence-electron chi connectivity index (χ2n) is 3.02. The van der Waals surface area contributed by atoms with Crippen LogP contribution in [-0.2, 0) is 19.1 Å². The molecule has 0 N–H and O–H groups in total. The number of hydrogen-bond donors (Lipinski definition) is 0. The lowest BCUT2D eigenvalue weighted by atomic mass is 10.3. The number of carbonyl (C=O) groups excluding carboxylic acids is 2. The van der Waals surface area contributed by atoms with E-state index in [1.807, 2.05) is 12.2 Å². The molecule has 0 bridgehead atoms. The molecule has 16 heavy (non-hydrogen) atoms. The molecule has 0 spiro atoms. The van der Waals surface area contributed by atoms with Gasteiger partial charge in [0.2, 0.25) is 0 Å². The van der Waals surface area contributed by atoms with Crippen molar-refractivity contribution in [3.63, 3.8) is 0 Å². The van der Waals surface area contributed by atoms with Crippen LogP contribution in [0.2, 0.25) is 0 Å². The Morgan fingerprint density at radius 3 is 2.00 bits per heavy atom. The van der Waals surface area contributed by atoms with Crippen LogP contribution < -0.4 is 0 Å². The number of allylic oxidation sites excluding steroid dienone is 2. The van der Waals surface area contributed by atoms with Gasteiger partial charge in [-0.2, -0.15) is 0 Å². The zero-order valence-electron chi connectivity index (χ0n) is 10.4. The monoisotopic (exact) mass is 228 g/mol. The van der Waals surface area contributed by atoms with Gasteiger partial charge >= 0.3 is 0 Å². The average Bonchev–Trinajstić information content (AvgIpc) is 2.23. The second kappa shape index (κ2) is 11.7. The van der Waals surface area contributed by atoms with Gasteiger partial charge in [-0.05, 0) is 6.92 Å². The molecule has 0 amide bonds. The van der Waals surface area contributed by atoms with E-state index < -0.39 is 0 Å². The molecule has 0 aromatic rings. The minimum atomic E-state index is -0.123. The predicted molar refractivity (Wildman–Crippen MR) is 63.1 cm³/mol. The minimum Gasteiger partial charge on any atom is -0.494 e. The Balaban J connectivity index is 0. The van der Waals surface area contributed by atoms with Crippen molar-refractivity contribution in [3.05, 3.63) is 24.5 Å². The Morgan fingerprint density at radius 1 is 1.19 bits per heavy atom. The number of methoxy groups -OCH3 is 2. The van der Waals surface area contributed by atoms with Gasteiger partial charge < -0.3 is 9.47 Å². The van der Waals surface area contributed by atoms with Crippen LogP contribution in [0.4, 0.5) is 0 Å². The van der Waals surface area contributed by atoms with Gasteiger partial charge in [0.1, 0.15) is 5.78 Å². The van der Waals surface area contributed by atoms with Crippen LogP contribution in [0.15, 0.2) is 24.5 Å². The summed E-state index contributed by atoms with van der Waals surface area (Å²) in [5, 5.41) is 0. The van der Waals surface area contributed by atoms with Gasteiger partial charge in [-0.1, -0.05) is 18.7 Å². The SMILES string of the molecule is C=C(OC)C(C)=O.COCC=CCC(C)=O. The summed E-state index contributed by atoms with van der Waals surface area (Å²) in [5.74, 6) is 0.268. The zero-order chi connectivity index (χ0) is 13.0. The van der Waals surface area contributed by atoms with Crippen LogP contribution in [0.1, 0.15) is 20.3 Å². The van der Waals surface area contributed by atoms with Gasteiger partial charge in [-0.3, -0.25) is 9.59 Å². The maximum Gasteiger partial charge on any atom is 0.193 e. The molecule has 0 aliphatic heterocycles. The molecule has 0 fully saturated rings. The molecule has 4 heteroatoms. The number of hydrogen-bond acceptors (Lipinski definition) is 4. The maximum atomic E-state index is 10.3. The molecule has 92 valence electrons. The van der Waals surface area contributed by atoms with Crippen molar-refractivity contribution in [3.8, 4) is 0 Å². The zero-order valence-corrected chi connectivity index (χ0v) is 10.4. The highest BCUT2D eigenvalue weighted by Crippen LogP contribution is 1.88. The molecule has 0 radical (unpaired) electrons.